The summed E-state index contributed by atoms with van der Waals surface area (Å²) in [6.07, 6.45) is 4.24. The normalized spacial score (nSPS) is 19.3. The summed E-state index contributed by atoms with van der Waals surface area (Å²) in [5, 5.41) is 5.03. The van der Waals surface area contributed by atoms with Gasteiger partial charge in [-0.2, -0.15) is 0 Å². The van der Waals surface area contributed by atoms with Crippen LogP contribution >= 0.6 is 0 Å². The summed E-state index contributed by atoms with van der Waals surface area (Å²) in [7, 11) is 3.80. The molecule has 2 atom stereocenters. The molecule has 0 spiro atoms. The molecule has 0 radical (unpaired) electrons. The van der Waals surface area contributed by atoms with Crippen LogP contribution in [0.5, 0.6) is 0 Å². The number of anilines is 1. The first kappa shape index (κ1) is 19.8. The van der Waals surface area contributed by atoms with Crippen LogP contribution in [0, 0.1) is 5.92 Å². The third kappa shape index (κ3) is 5.75. The van der Waals surface area contributed by atoms with Crippen molar-refractivity contribution in [3.8, 4) is 0 Å². The Balaban J connectivity index is 1.75. The van der Waals surface area contributed by atoms with Crippen LogP contribution in [0.1, 0.15) is 43.0 Å². The van der Waals surface area contributed by atoms with Crippen molar-refractivity contribution in [3.05, 3.63) is 29.8 Å². The lowest BCUT2D eigenvalue weighted by atomic mass is 9.86. The molecule has 26 heavy (non-hydrogen) atoms. The highest BCUT2D eigenvalue weighted by molar-refractivity contribution is 5.97. The van der Waals surface area contributed by atoms with Gasteiger partial charge in [-0.15, -0.1) is 0 Å². The molecule has 0 heterocycles. The fourth-order valence-corrected chi connectivity index (χ4v) is 3.01. The molecule has 2 rings (SSSR count). The van der Waals surface area contributed by atoms with E-state index in [1.165, 1.54) is 6.42 Å². The summed E-state index contributed by atoms with van der Waals surface area (Å²) in [5.41, 5.74) is 1.30. The minimum Gasteiger partial charge on any atom is -0.452 e. The minimum absolute atomic E-state index is 0.0781. The number of benzene rings is 1. The number of carbonyl (C=O) groups excluding carboxylic acids is 3. The molecule has 0 bridgehead atoms. The van der Waals surface area contributed by atoms with E-state index < -0.39 is 24.5 Å². The molecule has 0 aromatic heterocycles. The maximum atomic E-state index is 12.0. The van der Waals surface area contributed by atoms with E-state index >= 15 is 0 Å². The third-order valence-corrected chi connectivity index (χ3v) is 4.63. The van der Waals surface area contributed by atoms with Gasteiger partial charge in [0.05, 0.1) is 5.56 Å². The van der Waals surface area contributed by atoms with E-state index in [9.17, 15) is 14.4 Å². The number of imide groups is 1. The zero-order chi connectivity index (χ0) is 19.1. The van der Waals surface area contributed by atoms with Gasteiger partial charge < -0.3 is 15.0 Å². The number of carbonyl (C=O) groups is 3. The van der Waals surface area contributed by atoms with Crippen molar-refractivity contribution in [2.24, 2.45) is 5.92 Å². The van der Waals surface area contributed by atoms with Crippen molar-refractivity contribution in [1.29, 1.82) is 0 Å². The predicted molar refractivity (Wildman–Crippen MR) is 99.1 cm³/mol. The molecule has 3 amide bonds. The number of rotatable bonds is 5. The van der Waals surface area contributed by atoms with Crippen LogP contribution in [0.25, 0.3) is 0 Å². The van der Waals surface area contributed by atoms with Crippen molar-refractivity contribution in [2.45, 2.75) is 38.6 Å². The zero-order valence-electron chi connectivity index (χ0n) is 15.6. The summed E-state index contributed by atoms with van der Waals surface area (Å²) in [6.45, 7) is 1.59. The number of ether oxygens (including phenoxy) is 1. The summed E-state index contributed by atoms with van der Waals surface area (Å²) >= 11 is 0. The number of hydrogen-bond acceptors (Lipinski definition) is 5. The fourth-order valence-electron chi connectivity index (χ4n) is 3.01. The van der Waals surface area contributed by atoms with Gasteiger partial charge in [0.25, 0.3) is 5.91 Å². The van der Waals surface area contributed by atoms with Gasteiger partial charge in [0.2, 0.25) is 0 Å². The van der Waals surface area contributed by atoms with Gasteiger partial charge in [0, 0.05) is 25.8 Å². The van der Waals surface area contributed by atoms with Gasteiger partial charge in [-0.3, -0.25) is 10.1 Å². The molecule has 7 heteroatoms. The maximum Gasteiger partial charge on any atom is 0.338 e. The lowest BCUT2D eigenvalue weighted by Gasteiger charge is -2.29. The van der Waals surface area contributed by atoms with Gasteiger partial charge in [-0.05, 0) is 43.0 Å². The smallest absolute Gasteiger partial charge is 0.338 e. The fraction of sp³-hybridized carbons (Fsp3) is 0.526. The number of nitrogens with zero attached hydrogens (tertiary/aromatic N) is 1. The Hall–Kier alpha value is -2.57. The van der Waals surface area contributed by atoms with E-state index in [0.717, 1.165) is 24.9 Å². The lowest BCUT2D eigenvalue weighted by molar-refractivity contribution is -0.123. The molecule has 0 unspecified atom stereocenters. The van der Waals surface area contributed by atoms with Crippen LogP contribution in [0.2, 0.25) is 0 Å². The van der Waals surface area contributed by atoms with Crippen LogP contribution in [0.15, 0.2) is 24.3 Å². The van der Waals surface area contributed by atoms with Crippen LogP contribution < -0.4 is 15.5 Å². The second kappa shape index (κ2) is 9.22. The molecule has 1 aliphatic rings. The number of amides is 3. The molecule has 0 aliphatic heterocycles. The molecule has 142 valence electrons. The van der Waals surface area contributed by atoms with Crippen molar-refractivity contribution in [3.63, 3.8) is 0 Å². The molecular weight excluding hydrogens is 334 g/mol. The molecule has 0 saturated heterocycles. The molecule has 1 aliphatic carbocycles. The molecule has 1 fully saturated rings. The molecule has 1 saturated carbocycles. The number of esters is 1. The van der Waals surface area contributed by atoms with Gasteiger partial charge in [-0.25, -0.2) is 9.59 Å². The largest absolute Gasteiger partial charge is 0.452 e. The SMILES string of the molecule is C[C@@H]1CCCC[C@@H]1NC(=O)NC(=O)COC(=O)c1ccc(N(C)C)cc1. The quantitative estimate of drug-likeness (QED) is 0.786. The molecule has 2 N–H and O–H groups in total. The maximum absolute atomic E-state index is 12.0. The van der Waals surface area contributed by atoms with Crippen LogP contribution in [0.3, 0.4) is 0 Å². The monoisotopic (exact) mass is 361 g/mol. The Morgan fingerprint density at radius 3 is 2.38 bits per heavy atom. The number of urea groups is 1. The highest BCUT2D eigenvalue weighted by atomic mass is 16.5. The number of hydrogen-bond donors (Lipinski definition) is 2. The second-order valence-electron chi connectivity index (χ2n) is 6.91. The first-order valence-corrected chi connectivity index (χ1v) is 8.91. The van der Waals surface area contributed by atoms with Crippen LogP contribution in [-0.4, -0.2) is 44.7 Å². The van der Waals surface area contributed by atoms with Crippen molar-refractivity contribution in [1.82, 2.24) is 10.6 Å². The topological polar surface area (TPSA) is 87.7 Å². The highest BCUT2D eigenvalue weighted by Crippen LogP contribution is 2.23. The van der Waals surface area contributed by atoms with Gasteiger partial charge >= 0.3 is 12.0 Å². The van der Waals surface area contributed by atoms with E-state index in [4.69, 9.17) is 4.74 Å². The third-order valence-electron chi connectivity index (χ3n) is 4.63. The van der Waals surface area contributed by atoms with E-state index in [1.54, 1.807) is 24.3 Å². The Morgan fingerprint density at radius 1 is 1.12 bits per heavy atom. The van der Waals surface area contributed by atoms with Gasteiger partial charge in [0.1, 0.15) is 0 Å². The minimum atomic E-state index is -0.649. The Labute approximate surface area is 154 Å². The summed E-state index contributed by atoms with van der Waals surface area (Å²) in [4.78, 5) is 37.6. The van der Waals surface area contributed by atoms with E-state index in [1.807, 2.05) is 19.0 Å². The number of nitrogens with one attached hydrogen (secondary N) is 2. The van der Waals surface area contributed by atoms with Gasteiger partial charge in [0.15, 0.2) is 6.61 Å². The average Bonchev–Trinajstić information content (AvgIpc) is 2.61. The molecule has 7 nitrogen and oxygen atoms in total. The molecule has 1 aromatic carbocycles. The van der Waals surface area contributed by atoms with Crippen molar-refractivity contribution >= 4 is 23.6 Å². The zero-order valence-corrected chi connectivity index (χ0v) is 15.6. The first-order valence-electron chi connectivity index (χ1n) is 8.91. The van der Waals surface area contributed by atoms with Gasteiger partial charge in [-0.1, -0.05) is 19.8 Å². The summed E-state index contributed by atoms with van der Waals surface area (Å²) in [6, 6.07) is 6.37. The molecule has 1 aromatic rings. The van der Waals surface area contributed by atoms with Crippen molar-refractivity contribution < 1.29 is 19.1 Å². The van der Waals surface area contributed by atoms with E-state index in [0.29, 0.717) is 11.5 Å². The lowest BCUT2D eigenvalue weighted by Crippen LogP contribution is -2.48. The predicted octanol–water partition coefficient (Wildman–Crippen LogP) is 2.31. The van der Waals surface area contributed by atoms with Crippen molar-refractivity contribution in [2.75, 3.05) is 25.6 Å². The van der Waals surface area contributed by atoms with E-state index in [-0.39, 0.29) is 6.04 Å². The summed E-state index contributed by atoms with van der Waals surface area (Å²) in [5.74, 6) is -0.858. The van der Waals surface area contributed by atoms with E-state index in [2.05, 4.69) is 17.6 Å². The Kier molecular flexibility index (Phi) is 7.00. The highest BCUT2D eigenvalue weighted by Gasteiger charge is 2.23. The standard InChI is InChI=1S/C19H27N3O4/c1-13-6-4-5-7-16(13)20-19(25)21-17(23)12-26-18(24)14-8-10-15(11-9-14)22(2)3/h8-11,13,16H,4-7,12H2,1-3H3,(H2,20,21,23,25)/t13-,16+/m1/s1. The van der Waals surface area contributed by atoms with Crippen LogP contribution in [0.4, 0.5) is 10.5 Å². The average molecular weight is 361 g/mol. The van der Waals surface area contributed by atoms with Crippen LogP contribution in [-0.2, 0) is 9.53 Å². The first-order chi connectivity index (χ1) is 12.4. The Morgan fingerprint density at radius 2 is 1.77 bits per heavy atom. The second-order valence-corrected chi connectivity index (χ2v) is 6.91. The molecular formula is C19H27N3O4. The summed E-state index contributed by atoms with van der Waals surface area (Å²) < 4.78 is 4.96. The Bertz CT molecular complexity index is 643.